The van der Waals surface area contributed by atoms with E-state index in [0.29, 0.717) is 10.8 Å². The quantitative estimate of drug-likeness (QED) is 0.793. The van der Waals surface area contributed by atoms with Gasteiger partial charge in [0.25, 0.3) is 0 Å². The molecule has 0 fully saturated rings. The molecule has 2 heterocycles. The van der Waals surface area contributed by atoms with E-state index in [9.17, 15) is 4.39 Å². The molecule has 0 saturated heterocycles. The molecule has 96 valence electrons. The molecule has 7 heteroatoms. The first-order chi connectivity index (χ1) is 9.29. The van der Waals surface area contributed by atoms with Crippen LogP contribution in [0.25, 0.3) is 16.4 Å². The van der Waals surface area contributed by atoms with Crippen molar-refractivity contribution in [2.45, 2.75) is 6.54 Å². The molecule has 0 aliphatic heterocycles. The highest BCUT2D eigenvalue weighted by molar-refractivity contribution is 7.12. The van der Waals surface area contributed by atoms with E-state index in [1.807, 2.05) is 5.38 Å². The van der Waals surface area contributed by atoms with Gasteiger partial charge in [0.15, 0.2) is 0 Å². The molecule has 2 N–H and O–H groups in total. The van der Waals surface area contributed by atoms with Gasteiger partial charge in [-0.25, -0.2) is 9.37 Å². The molecular weight excluding hydrogens is 265 g/mol. The van der Waals surface area contributed by atoms with E-state index < -0.39 is 0 Å². The normalized spacial score (nSPS) is 10.8. The third-order valence-corrected chi connectivity index (χ3v) is 3.40. The fourth-order valence-corrected chi connectivity index (χ4v) is 2.39. The van der Waals surface area contributed by atoms with Crippen molar-refractivity contribution in [3.8, 4) is 16.4 Å². The first kappa shape index (κ1) is 11.9. The lowest BCUT2D eigenvalue weighted by molar-refractivity contribution is 0.628. The predicted molar refractivity (Wildman–Crippen MR) is 70.3 cm³/mol. The second-order valence-corrected chi connectivity index (χ2v) is 4.70. The molecule has 0 atom stereocenters. The second kappa shape index (κ2) is 4.87. The molecule has 5 nitrogen and oxygen atoms in total. The molecule has 0 radical (unpaired) electrons. The lowest BCUT2D eigenvalue weighted by Crippen LogP contribution is -2.02. The number of hydrogen-bond acceptors (Lipinski definition) is 5. The summed E-state index contributed by atoms with van der Waals surface area (Å²) >= 11 is 1.45. The van der Waals surface area contributed by atoms with Gasteiger partial charge in [-0.3, -0.25) is 0 Å². The number of nitrogens with two attached hydrogens (primary N) is 1. The number of benzene rings is 1. The smallest absolute Gasteiger partial charge is 0.212 e. The van der Waals surface area contributed by atoms with Gasteiger partial charge in [-0.1, -0.05) is 5.21 Å². The Balaban J connectivity index is 2.18. The summed E-state index contributed by atoms with van der Waals surface area (Å²) in [4.78, 5) is 4.20. The van der Waals surface area contributed by atoms with Crippen LogP contribution in [-0.2, 0) is 6.54 Å². The highest BCUT2D eigenvalue weighted by Gasteiger charge is 2.16. The van der Waals surface area contributed by atoms with E-state index in [1.54, 1.807) is 23.0 Å². The van der Waals surface area contributed by atoms with Crippen LogP contribution in [-0.4, -0.2) is 20.0 Å². The third-order valence-electron chi connectivity index (χ3n) is 2.65. The Bertz CT molecular complexity index is 675. The molecule has 0 spiro atoms. The van der Waals surface area contributed by atoms with E-state index in [1.165, 1.54) is 23.5 Å². The van der Waals surface area contributed by atoms with Crippen molar-refractivity contribution in [3.05, 3.63) is 47.4 Å². The van der Waals surface area contributed by atoms with Gasteiger partial charge in [0.2, 0.25) is 5.13 Å². The summed E-state index contributed by atoms with van der Waals surface area (Å²) in [5.74, 6) is -0.286. The summed E-state index contributed by atoms with van der Waals surface area (Å²) in [6, 6.07) is 6.15. The zero-order valence-corrected chi connectivity index (χ0v) is 10.6. The summed E-state index contributed by atoms with van der Waals surface area (Å²) in [5.41, 5.74) is 7.89. The Kier molecular flexibility index (Phi) is 3.06. The zero-order chi connectivity index (χ0) is 13.2. The van der Waals surface area contributed by atoms with E-state index in [-0.39, 0.29) is 12.4 Å². The van der Waals surface area contributed by atoms with Crippen LogP contribution in [0.3, 0.4) is 0 Å². The minimum Gasteiger partial charge on any atom is -0.325 e. The fraction of sp³-hybridized carbons (Fsp3) is 0.0833. The molecule has 0 aliphatic rings. The van der Waals surface area contributed by atoms with Gasteiger partial charge in [0.1, 0.15) is 17.2 Å². The van der Waals surface area contributed by atoms with Crippen LogP contribution < -0.4 is 5.73 Å². The zero-order valence-electron chi connectivity index (χ0n) is 9.82. The number of halogens is 1. The largest absolute Gasteiger partial charge is 0.325 e. The number of rotatable bonds is 3. The van der Waals surface area contributed by atoms with Crippen molar-refractivity contribution >= 4 is 11.3 Å². The van der Waals surface area contributed by atoms with E-state index >= 15 is 0 Å². The summed E-state index contributed by atoms with van der Waals surface area (Å²) in [6.45, 7) is 0.262. The Morgan fingerprint density at radius 3 is 2.68 bits per heavy atom. The van der Waals surface area contributed by atoms with Crippen LogP contribution in [0.15, 0.2) is 35.8 Å². The minimum absolute atomic E-state index is 0.262. The molecule has 0 amide bonds. The van der Waals surface area contributed by atoms with Gasteiger partial charge in [0, 0.05) is 23.7 Å². The average Bonchev–Trinajstić information content (AvgIpc) is 3.08. The Labute approximate surface area is 112 Å². The van der Waals surface area contributed by atoms with Crippen LogP contribution in [0, 0.1) is 5.82 Å². The molecular formula is C12H10FN5S. The standard InChI is InChI=1S/C12H10FN5S/c13-9-3-1-8(2-4-9)11-10(7-14)16-17-18(11)12-15-5-6-19-12/h1-6H,7,14H2. The van der Waals surface area contributed by atoms with Crippen LogP contribution in [0.2, 0.25) is 0 Å². The molecule has 2 aromatic heterocycles. The number of nitrogens with zero attached hydrogens (tertiary/aromatic N) is 4. The van der Waals surface area contributed by atoms with Crippen molar-refractivity contribution in [1.29, 1.82) is 0 Å². The lowest BCUT2D eigenvalue weighted by atomic mass is 10.1. The molecule has 0 saturated carbocycles. The predicted octanol–water partition coefficient (Wildman–Crippen LogP) is 1.99. The number of aromatic nitrogens is 4. The van der Waals surface area contributed by atoms with Crippen LogP contribution in [0.4, 0.5) is 4.39 Å². The molecule has 0 aliphatic carbocycles. The molecule has 0 bridgehead atoms. The van der Waals surface area contributed by atoms with Crippen molar-refractivity contribution in [2.24, 2.45) is 5.73 Å². The minimum atomic E-state index is -0.286. The first-order valence-corrected chi connectivity index (χ1v) is 6.48. The maximum atomic E-state index is 13.0. The van der Waals surface area contributed by atoms with Gasteiger partial charge in [-0.15, -0.1) is 16.4 Å². The fourth-order valence-electron chi connectivity index (χ4n) is 1.80. The molecule has 19 heavy (non-hydrogen) atoms. The highest BCUT2D eigenvalue weighted by Crippen LogP contribution is 2.25. The van der Waals surface area contributed by atoms with Crippen molar-refractivity contribution in [2.75, 3.05) is 0 Å². The molecule has 3 rings (SSSR count). The summed E-state index contributed by atoms with van der Waals surface area (Å²) in [6.07, 6.45) is 1.69. The van der Waals surface area contributed by atoms with Crippen molar-refractivity contribution in [3.63, 3.8) is 0 Å². The van der Waals surface area contributed by atoms with Crippen molar-refractivity contribution in [1.82, 2.24) is 20.0 Å². The van der Waals surface area contributed by atoms with Crippen LogP contribution in [0.5, 0.6) is 0 Å². The van der Waals surface area contributed by atoms with Crippen LogP contribution >= 0.6 is 11.3 Å². The number of hydrogen-bond donors (Lipinski definition) is 1. The molecule has 0 unspecified atom stereocenters. The summed E-state index contributed by atoms with van der Waals surface area (Å²) < 4.78 is 14.6. The third kappa shape index (κ3) is 2.13. The first-order valence-electron chi connectivity index (χ1n) is 5.60. The summed E-state index contributed by atoms with van der Waals surface area (Å²) in [7, 11) is 0. The summed E-state index contributed by atoms with van der Waals surface area (Å²) in [5, 5.41) is 10.7. The van der Waals surface area contributed by atoms with E-state index in [2.05, 4.69) is 15.3 Å². The molecule has 3 aromatic rings. The highest BCUT2D eigenvalue weighted by atomic mass is 32.1. The second-order valence-electron chi connectivity index (χ2n) is 3.82. The topological polar surface area (TPSA) is 69.6 Å². The van der Waals surface area contributed by atoms with Crippen molar-refractivity contribution < 1.29 is 4.39 Å². The average molecular weight is 275 g/mol. The Morgan fingerprint density at radius 1 is 1.26 bits per heavy atom. The molecule has 1 aromatic carbocycles. The lowest BCUT2D eigenvalue weighted by Gasteiger charge is -2.05. The van der Waals surface area contributed by atoms with Gasteiger partial charge >= 0.3 is 0 Å². The van der Waals surface area contributed by atoms with Gasteiger partial charge in [-0.2, -0.15) is 4.68 Å². The van der Waals surface area contributed by atoms with Crippen LogP contribution in [0.1, 0.15) is 5.69 Å². The monoisotopic (exact) mass is 275 g/mol. The Hall–Kier alpha value is -2.12. The number of thiazole rings is 1. The van der Waals surface area contributed by atoms with Gasteiger partial charge < -0.3 is 5.73 Å². The maximum absolute atomic E-state index is 13.0. The van der Waals surface area contributed by atoms with E-state index in [4.69, 9.17) is 5.73 Å². The van der Waals surface area contributed by atoms with Gasteiger partial charge in [-0.05, 0) is 24.3 Å². The SMILES string of the molecule is NCc1nnn(-c2nccs2)c1-c1ccc(F)cc1. The van der Waals surface area contributed by atoms with Gasteiger partial charge in [0.05, 0.1) is 0 Å². The maximum Gasteiger partial charge on any atom is 0.212 e. The Morgan fingerprint density at radius 2 is 2.05 bits per heavy atom. The van der Waals surface area contributed by atoms with E-state index in [0.717, 1.165) is 11.3 Å².